The number of benzene rings is 1. The van der Waals surface area contributed by atoms with E-state index in [1.807, 2.05) is 30.3 Å². The van der Waals surface area contributed by atoms with E-state index >= 15 is 0 Å². The summed E-state index contributed by atoms with van der Waals surface area (Å²) in [5.74, 6) is 0.559. The summed E-state index contributed by atoms with van der Waals surface area (Å²) in [7, 11) is 0. The van der Waals surface area contributed by atoms with E-state index in [1.54, 1.807) is 0 Å². The number of hydrogen-bond acceptors (Lipinski definition) is 3. The maximum Gasteiger partial charge on any atom is 0.225 e. The summed E-state index contributed by atoms with van der Waals surface area (Å²) < 4.78 is 0. The number of anilines is 1. The van der Waals surface area contributed by atoms with E-state index in [4.69, 9.17) is 11.6 Å². The van der Waals surface area contributed by atoms with E-state index in [0.717, 1.165) is 24.2 Å². The number of carbonyl (C=O) groups is 1. The van der Waals surface area contributed by atoms with E-state index in [2.05, 4.69) is 20.4 Å². The third kappa shape index (κ3) is 4.82. The van der Waals surface area contributed by atoms with Crippen LogP contribution in [0.1, 0.15) is 32.1 Å². The van der Waals surface area contributed by atoms with Crippen LogP contribution in [0.5, 0.6) is 0 Å². The second-order valence-corrected chi connectivity index (χ2v) is 6.67. The molecule has 0 spiro atoms. The summed E-state index contributed by atoms with van der Waals surface area (Å²) in [5, 5.41) is 10.6. The van der Waals surface area contributed by atoms with Gasteiger partial charge in [-0.25, -0.2) is 0 Å². The number of nitrogens with zero attached hydrogens (tertiary/aromatic N) is 2. The van der Waals surface area contributed by atoms with Crippen LogP contribution in [0.3, 0.4) is 0 Å². The molecule has 0 bridgehead atoms. The molecule has 2 N–H and O–H groups in total. The Bertz CT molecular complexity index is 679. The van der Waals surface area contributed by atoms with Crippen molar-refractivity contribution in [3.63, 3.8) is 0 Å². The number of rotatable bonds is 6. The Balaban J connectivity index is 1.46. The Morgan fingerprint density at radius 3 is 2.88 bits per heavy atom. The van der Waals surface area contributed by atoms with Gasteiger partial charge in [-0.15, -0.1) is 0 Å². The lowest BCUT2D eigenvalue weighted by Crippen LogP contribution is -2.31. The molecule has 6 heteroatoms. The van der Waals surface area contributed by atoms with Crippen LogP contribution in [0, 0.1) is 0 Å². The summed E-state index contributed by atoms with van der Waals surface area (Å²) in [6.07, 6.45) is 5.32. The highest BCUT2D eigenvalue weighted by atomic mass is 35.5. The Morgan fingerprint density at radius 2 is 2.08 bits per heavy atom. The average Bonchev–Trinajstić information content (AvgIpc) is 3.04. The van der Waals surface area contributed by atoms with Crippen LogP contribution in [0.2, 0.25) is 5.02 Å². The number of nitrogens with one attached hydrogen (secondary N) is 2. The standard InChI is InChI=1S/C18H23ClN4O/c19-15-7-4-6-14(12-15)16-13-17(22-21-16)20-18(24)8-5-11-23-9-2-1-3-10-23/h4,6-7,12-13H,1-3,5,8-11H2,(H2,20,21,22,24). The molecule has 1 fully saturated rings. The zero-order valence-corrected chi connectivity index (χ0v) is 14.5. The SMILES string of the molecule is O=C(CCCN1CCCCC1)Nc1cc(-c2cccc(Cl)c2)[nH]n1. The first-order valence-corrected chi connectivity index (χ1v) is 8.92. The van der Waals surface area contributed by atoms with Gasteiger partial charge in [0.05, 0.1) is 5.69 Å². The molecule has 2 heterocycles. The van der Waals surface area contributed by atoms with E-state index in [0.29, 0.717) is 17.3 Å². The highest BCUT2D eigenvalue weighted by Gasteiger charge is 2.11. The van der Waals surface area contributed by atoms with Crippen molar-refractivity contribution in [3.8, 4) is 11.3 Å². The summed E-state index contributed by atoms with van der Waals surface area (Å²) in [5.41, 5.74) is 1.78. The third-order valence-corrected chi connectivity index (χ3v) is 4.54. The van der Waals surface area contributed by atoms with Gasteiger partial charge in [0.2, 0.25) is 5.91 Å². The zero-order chi connectivity index (χ0) is 16.8. The minimum absolute atomic E-state index is 0.0103. The monoisotopic (exact) mass is 346 g/mol. The first kappa shape index (κ1) is 17.0. The fourth-order valence-electron chi connectivity index (χ4n) is 3.04. The number of aromatic nitrogens is 2. The number of piperidine rings is 1. The molecular formula is C18H23ClN4O. The second-order valence-electron chi connectivity index (χ2n) is 6.23. The van der Waals surface area contributed by atoms with Crippen molar-refractivity contribution in [2.75, 3.05) is 25.0 Å². The molecule has 1 aromatic carbocycles. The van der Waals surface area contributed by atoms with Gasteiger partial charge < -0.3 is 10.2 Å². The Kier molecular flexibility index (Phi) is 5.88. The zero-order valence-electron chi connectivity index (χ0n) is 13.7. The van der Waals surface area contributed by atoms with Gasteiger partial charge in [0.1, 0.15) is 0 Å². The van der Waals surface area contributed by atoms with Gasteiger partial charge >= 0.3 is 0 Å². The van der Waals surface area contributed by atoms with Crippen molar-refractivity contribution in [1.82, 2.24) is 15.1 Å². The number of halogens is 1. The highest BCUT2D eigenvalue weighted by Crippen LogP contribution is 2.22. The Hall–Kier alpha value is -1.85. The summed E-state index contributed by atoms with van der Waals surface area (Å²) in [6, 6.07) is 9.35. The highest BCUT2D eigenvalue weighted by molar-refractivity contribution is 6.30. The molecule has 128 valence electrons. The maximum atomic E-state index is 12.0. The number of amides is 1. The van der Waals surface area contributed by atoms with Crippen LogP contribution in [-0.4, -0.2) is 40.6 Å². The molecular weight excluding hydrogens is 324 g/mol. The van der Waals surface area contributed by atoms with Crippen LogP contribution in [0.15, 0.2) is 30.3 Å². The fraction of sp³-hybridized carbons (Fsp3) is 0.444. The van der Waals surface area contributed by atoms with Gasteiger partial charge in [-0.1, -0.05) is 30.2 Å². The summed E-state index contributed by atoms with van der Waals surface area (Å²) in [6.45, 7) is 3.34. The number of likely N-dealkylation sites (tertiary alicyclic amines) is 1. The van der Waals surface area contributed by atoms with E-state index in [-0.39, 0.29) is 5.91 Å². The number of aromatic amines is 1. The van der Waals surface area contributed by atoms with Gasteiger partial charge in [0.25, 0.3) is 0 Å². The van der Waals surface area contributed by atoms with Crippen molar-refractivity contribution in [3.05, 3.63) is 35.4 Å². The topological polar surface area (TPSA) is 61.0 Å². The Morgan fingerprint density at radius 1 is 1.25 bits per heavy atom. The quantitative estimate of drug-likeness (QED) is 0.833. The van der Waals surface area contributed by atoms with Gasteiger partial charge in [-0.3, -0.25) is 9.89 Å². The first-order valence-electron chi connectivity index (χ1n) is 8.54. The average molecular weight is 347 g/mol. The molecule has 1 saturated heterocycles. The second kappa shape index (κ2) is 8.31. The van der Waals surface area contributed by atoms with Gasteiger partial charge in [0.15, 0.2) is 5.82 Å². The summed E-state index contributed by atoms with van der Waals surface area (Å²) in [4.78, 5) is 14.5. The lowest BCUT2D eigenvalue weighted by Gasteiger charge is -2.26. The van der Waals surface area contributed by atoms with Gasteiger partial charge in [0, 0.05) is 23.1 Å². The van der Waals surface area contributed by atoms with E-state index in [1.165, 1.54) is 32.4 Å². The van der Waals surface area contributed by atoms with Crippen LogP contribution in [0.25, 0.3) is 11.3 Å². The van der Waals surface area contributed by atoms with Crippen LogP contribution < -0.4 is 5.32 Å². The van der Waals surface area contributed by atoms with Crippen molar-refractivity contribution >= 4 is 23.3 Å². The third-order valence-electron chi connectivity index (χ3n) is 4.31. The molecule has 2 aromatic rings. The predicted molar refractivity (Wildman–Crippen MR) is 97.2 cm³/mol. The lowest BCUT2D eigenvalue weighted by atomic mass is 10.1. The molecule has 0 atom stereocenters. The minimum Gasteiger partial charge on any atom is -0.309 e. The number of carbonyl (C=O) groups excluding carboxylic acids is 1. The van der Waals surface area contributed by atoms with Crippen molar-refractivity contribution < 1.29 is 4.79 Å². The summed E-state index contributed by atoms with van der Waals surface area (Å²) >= 11 is 6.00. The molecule has 3 rings (SSSR count). The molecule has 1 aliphatic rings. The van der Waals surface area contributed by atoms with E-state index < -0.39 is 0 Å². The van der Waals surface area contributed by atoms with Crippen LogP contribution >= 0.6 is 11.6 Å². The molecule has 24 heavy (non-hydrogen) atoms. The molecule has 1 amide bonds. The molecule has 0 saturated carbocycles. The molecule has 0 radical (unpaired) electrons. The minimum atomic E-state index is 0.0103. The van der Waals surface area contributed by atoms with Gasteiger partial charge in [-0.05, 0) is 51.0 Å². The maximum absolute atomic E-state index is 12.0. The van der Waals surface area contributed by atoms with Crippen LogP contribution in [0.4, 0.5) is 5.82 Å². The Labute approximate surface area is 147 Å². The fourth-order valence-corrected chi connectivity index (χ4v) is 3.23. The largest absolute Gasteiger partial charge is 0.309 e. The molecule has 5 nitrogen and oxygen atoms in total. The molecule has 0 unspecified atom stereocenters. The van der Waals surface area contributed by atoms with E-state index in [9.17, 15) is 4.79 Å². The van der Waals surface area contributed by atoms with Crippen molar-refractivity contribution in [1.29, 1.82) is 0 Å². The number of H-pyrrole nitrogens is 1. The van der Waals surface area contributed by atoms with Crippen molar-refractivity contribution in [2.24, 2.45) is 0 Å². The smallest absolute Gasteiger partial charge is 0.225 e. The lowest BCUT2D eigenvalue weighted by molar-refractivity contribution is -0.116. The first-order chi connectivity index (χ1) is 11.7. The van der Waals surface area contributed by atoms with Gasteiger partial charge in [-0.2, -0.15) is 5.10 Å². The number of hydrogen-bond donors (Lipinski definition) is 2. The molecule has 1 aliphatic heterocycles. The normalized spacial score (nSPS) is 15.4. The van der Waals surface area contributed by atoms with Crippen LogP contribution in [-0.2, 0) is 4.79 Å². The predicted octanol–water partition coefficient (Wildman–Crippen LogP) is 3.93. The van der Waals surface area contributed by atoms with Crippen molar-refractivity contribution in [2.45, 2.75) is 32.1 Å². The molecule has 1 aromatic heterocycles. The molecule has 0 aliphatic carbocycles.